The average molecular weight is 1500 g/mol. The summed E-state index contributed by atoms with van der Waals surface area (Å²) < 4.78 is 54.2. The molecule has 1 saturated heterocycles. The smallest absolute Gasteiger partial charge is 0.379 e. The maximum absolute atomic E-state index is 15.7. The standard InChI is InChI=1S/C76H116ClF3N12O13/c1-20-49(8)64-72(101)86(14)51(10)68(97)92-36-32-58(92)71(100)89(17)60(40-53-26-24-48(7)25-27-53)70(99)85(13)42-62(93)81-57(31-29-52-28-30-55(56(77)39-52)76(78,79)80)69(98)90(18)61(44-104-37-33-46(3)4)67(96)83-75(34-22-23-35-75)74(103)91(19)65(50(9)21-2)73(102)87(15)54(43-105-45-84(11)12)41-63(94)88(16)59(38-47(5)6)66(95)82-64/h24-28,30,39,46-47,49-51,54,57-61,65H,20-23,29,31-38,40-45H2,1-19H3,(H,81,93)(H,83,96)/t49-,50-,51-,54-,57?,58-,59-,60-,61-,65?/m0/s1. The third-order valence-corrected chi connectivity index (χ3v) is 21.2. The minimum Gasteiger partial charge on any atom is -0.379 e. The molecule has 2 unspecified atom stereocenters. The van der Waals surface area contributed by atoms with Crippen molar-refractivity contribution in [1.82, 2.24) is 54.7 Å². The van der Waals surface area contributed by atoms with Gasteiger partial charge in [0.25, 0.3) is 11.8 Å². The molecule has 2 fully saturated rings. The Balaban J connectivity index is 1.71. The number of rotatable bonds is 20. The number of carbonyl (C=O) groups is 11. The minimum atomic E-state index is -4.79. The van der Waals surface area contributed by atoms with Gasteiger partial charge in [-0.2, -0.15) is 13.2 Å². The highest BCUT2D eigenvalue weighted by atomic mass is 35.5. The van der Waals surface area contributed by atoms with Gasteiger partial charge < -0.3 is 59.3 Å². The van der Waals surface area contributed by atoms with Crippen LogP contribution in [0.4, 0.5) is 13.2 Å². The van der Waals surface area contributed by atoms with Crippen molar-refractivity contribution in [1.29, 1.82) is 0 Å². The van der Waals surface area contributed by atoms with Crippen molar-refractivity contribution in [2.75, 3.05) is 103 Å². The molecule has 10 atom stereocenters. The monoisotopic (exact) mass is 1500 g/mol. The molecule has 2 heterocycles. The molecule has 105 heavy (non-hydrogen) atoms. The summed E-state index contributed by atoms with van der Waals surface area (Å²) in [5, 5.41) is 5.15. The highest BCUT2D eigenvalue weighted by Gasteiger charge is 2.50. The van der Waals surface area contributed by atoms with Gasteiger partial charge in [0.2, 0.25) is 53.2 Å². The summed E-state index contributed by atoms with van der Waals surface area (Å²) in [7, 11) is 13.4. The van der Waals surface area contributed by atoms with Gasteiger partial charge in [0.05, 0.1) is 43.1 Å². The molecule has 2 aromatic carbocycles. The van der Waals surface area contributed by atoms with Crippen molar-refractivity contribution >= 4 is 82.3 Å². The number of hydrogen-bond donors (Lipinski definition) is 2. The van der Waals surface area contributed by atoms with Crippen LogP contribution in [0.25, 0.3) is 0 Å². The summed E-state index contributed by atoms with van der Waals surface area (Å²) in [5.74, 6) is -9.00. The van der Waals surface area contributed by atoms with E-state index in [9.17, 15) is 41.9 Å². The van der Waals surface area contributed by atoms with E-state index >= 15 is 24.0 Å². The van der Waals surface area contributed by atoms with E-state index in [-0.39, 0.29) is 101 Å². The van der Waals surface area contributed by atoms with E-state index in [1.165, 1.54) is 86.8 Å². The maximum atomic E-state index is 15.7. The van der Waals surface area contributed by atoms with Gasteiger partial charge in [-0.3, -0.25) is 57.6 Å². The zero-order chi connectivity index (χ0) is 78.9. The van der Waals surface area contributed by atoms with E-state index in [2.05, 4.69) is 15.6 Å². The van der Waals surface area contributed by atoms with E-state index in [0.29, 0.717) is 37.7 Å². The van der Waals surface area contributed by atoms with Crippen LogP contribution in [0, 0.1) is 30.6 Å². The number of fused-ring (bicyclic) bond motifs is 1. The van der Waals surface area contributed by atoms with Crippen LogP contribution < -0.4 is 10.6 Å². The Morgan fingerprint density at radius 1 is 0.705 bits per heavy atom. The largest absolute Gasteiger partial charge is 0.417 e. The summed E-state index contributed by atoms with van der Waals surface area (Å²) in [5.41, 5.74) is -1.10. The lowest BCUT2D eigenvalue weighted by atomic mass is 9.90. The van der Waals surface area contributed by atoms with Gasteiger partial charge in [-0.25, -0.2) is 4.99 Å². The second-order valence-corrected chi connectivity index (χ2v) is 30.6. The fourth-order valence-electron chi connectivity index (χ4n) is 13.4. The lowest BCUT2D eigenvalue weighted by Crippen LogP contribution is -2.65. The van der Waals surface area contributed by atoms with Crippen LogP contribution in [0.1, 0.15) is 155 Å². The topological polar surface area (TPSA) is 272 Å². The third-order valence-electron chi connectivity index (χ3n) is 20.9. The Bertz CT molecular complexity index is 3410. The predicted molar refractivity (Wildman–Crippen MR) is 394 cm³/mol. The van der Waals surface area contributed by atoms with Gasteiger partial charge in [0.15, 0.2) is 0 Å². The van der Waals surface area contributed by atoms with Crippen LogP contribution in [0.2, 0.25) is 5.02 Å². The molecule has 1 spiro atoms. The Kier molecular flexibility index (Phi) is 33.0. The molecule has 1 aliphatic carbocycles. The number of carbonyl (C=O) groups excluding carboxylic acids is 11. The van der Waals surface area contributed by atoms with E-state index in [0.717, 1.165) is 32.4 Å². The maximum Gasteiger partial charge on any atom is 0.417 e. The average Bonchev–Trinajstić information content (AvgIpc) is 1.72. The zero-order valence-corrected chi connectivity index (χ0v) is 66.0. The number of aryl methyl sites for hydroxylation is 2. The van der Waals surface area contributed by atoms with Gasteiger partial charge >= 0.3 is 6.18 Å². The number of ether oxygens (including phenoxy) is 2. The summed E-state index contributed by atoms with van der Waals surface area (Å²) in [6.07, 6.45) is -2.88. The first kappa shape index (κ1) is 88.1. The Labute approximate surface area is 623 Å². The van der Waals surface area contributed by atoms with Crippen LogP contribution in [-0.4, -0.2) is 272 Å². The van der Waals surface area contributed by atoms with Crippen molar-refractivity contribution < 1.29 is 75.4 Å². The van der Waals surface area contributed by atoms with Crippen molar-refractivity contribution in [3.8, 4) is 0 Å². The van der Waals surface area contributed by atoms with E-state index in [1.807, 2.05) is 53.7 Å². The normalized spacial score (nSPS) is 24.3. The summed E-state index contributed by atoms with van der Waals surface area (Å²) in [4.78, 5) is 182. The molecule has 11 amide bonds. The van der Waals surface area contributed by atoms with Crippen molar-refractivity contribution in [3.63, 3.8) is 0 Å². The van der Waals surface area contributed by atoms with Crippen LogP contribution in [0.5, 0.6) is 0 Å². The fourth-order valence-corrected chi connectivity index (χ4v) is 13.7. The first-order chi connectivity index (χ1) is 49.1. The van der Waals surface area contributed by atoms with Gasteiger partial charge in [-0.1, -0.05) is 122 Å². The van der Waals surface area contributed by atoms with Crippen molar-refractivity contribution in [3.05, 3.63) is 69.7 Å². The molecule has 0 radical (unpaired) electrons. The third kappa shape index (κ3) is 23.2. The molecule has 25 nitrogen and oxygen atoms in total. The zero-order valence-electron chi connectivity index (χ0n) is 65.2. The quantitative estimate of drug-likeness (QED) is 0.101. The summed E-state index contributed by atoms with van der Waals surface area (Å²) in [6.45, 7) is 17.3. The Morgan fingerprint density at radius 2 is 1.32 bits per heavy atom. The molecule has 1 saturated carbocycles. The van der Waals surface area contributed by atoms with E-state index in [1.54, 1.807) is 51.9 Å². The van der Waals surface area contributed by atoms with Crippen LogP contribution in [0.15, 0.2) is 47.5 Å². The van der Waals surface area contributed by atoms with Crippen LogP contribution >= 0.6 is 11.6 Å². The number of hydrogen-bond acceptors (Lipinski definition) is 14. The predicted octanol–water partition coefficient (Wildman–Crippen LogP) is 6.91. The molecule has 3 aliphatic rings. The molecule has 0 aromatic heterocycles. The second-order valence-electron chi connectivity index (χ2n) is 30.2. The number of likely N-dealkylation sites (N-methyl/N-ethyl adjacent to an activating group) is 7. The lowest BCUT2D eigenvalue weighted by Gasteiger charge is -2.45. The Hall–Kier alpha value is -7.56. The first-order valence-corrected chi connectivity index (χ1v) is 37.1. The van der Waals surface area contributed by atoms with Crippen LogP contribution in [0.3, 0.4) is 0 Å². The summed E-state index contributed by atoms with van der Waals surface area (Å²) >= 11 is 6.19. The molecule has 0 bridgehead atoms. The number of nitrogens with one attached hydrogen (secondary N) is 2. The number of alkyl halides is 3. The first-order valence-electron chi connectivity index (χ1n) is 36.7. The van der Waals surface area contributed by atoms with Gasteiger partial charge in [-0.05, 0) is 120 Å². The van der Waals surface area contributed by atoms with Crippen LogP contribution in [-0.2, 0) is 81.2 Å². The second kappa shape index (κ2) is 39.3. The lowest BCUT2D eigenvalue weighted by molar-refractivity contribution is -0.159. The molecule has 2 aromatic rings. The van der Waals surface area contributed by atoms with Gasteiger partial charge in [-0.15, -0.1) is 0 Å². The number of nitrogens with zero attached hydrogens (tertiary/aromatic N) is 10. The molecule has 5 rings (SSSR count). The highest BCUT2D eigenvalue weighted by Crippen LogP contribution is 2.37. The molecular formula is C76H116ClF3N12O13. The molecule has 2 N–H and O–H groups in total. The molecule has 29 heteroatoms. The Morgan fingerprint density at radius 3 is 1.88 bits per heavy atom. The van der Waals surface area contributed by atoms with Crippen molar-refractivity contribution in [2.24, 2.45) is 28.7 Å². The van der Waals surface area contributed by atoms with Gasteiger partial charge in [0.1, 0.15) is 53.5 Å². The van der Waals surface area contributed by atoms with Gasteiger partial charge in [0, 0.05) is 81.2 Å². The summed E-state index contributed by atoms with van der Waals surface area (Å²) in [6, 6.07) is 0.235. The van der Waals surface area contributed by atoms with E-state index in [4.69, 9.17) is 21.1 Å². The highest BCUT2D eigenvalue weighted by molar-refractivity contribution is 6.41. The number of aliphatic imine (C=N–C) groups is 1. The number of amides is 11. The molecule has 586 valence electrons. The number of benzene rings is 2. The fraction of sp³-hybridized carbons (Fsp3) is 0.684. The molecular weight excluding hydrogens is 1380 g/mol. The van der Waals surface area contributed by atoms with Crippen molar-refractivity contribution in [2.45, 2.75) is 213 Å². The SMILES string of the molecule is CC[C@H](C)C1=NC(=O)[C@H](CC(C)C)N(C)C(=O)C[C@@H](COCN(C)C)N(C)C(=O)C([C@@H](C)CC)N(C)C(=O)C2(CCCC2)NC(=O)[C@H](COCCC(C)C)N(C)C(=O)C(CCc2ccc(C(F)(F)F)c(Cl)c2)NC(=O)CN(C)C(=O)[C@H](Cc2ccc(C)cc2)N(C)C(=O)[C@@H]2CCN2C(=O)[C@H](C)N(C)C1=O. The van der Waals surface area contributed by atoms with E-state index < -0.39 is 161 Å². The number of halogens is 4. The molecule has 2 aliphatic heterocycles. The minimum absolute atomic E-state index is 0.0616.